The molecule has 1 aromatic rings. The van der Waals surface area contributed by atoms with Gasteiger partial charge in [0.2, 0.25) is 0 Å². The first kappa shape index (κ1) is 11.6. The summed E-state index contributed by atoms with van der Waals surface area (Å²) >= 11 is 0. The number of hydrogen-bond acceptors (Lipinski definition) is 3. The maximum Gasteiger partial charge on any atom is 0.0220 e. The molecular formula is C12H22N4. The lowest BCUT2D eigenvalue weighted by Gasteiger charge is -2.30. The van der Waals surface area contributed by atoms with Crippen LogP contribution in [0.15, 0.2) is 18.5 Å². The van der Waals surface area contributed by atoms with Crippen LogP contribution in [0.5, 0.6) is 0 Å². The van der Waals surface area contributed by atoms with E-state index in [2.05, 4.69) is 33.6 Å². The zero-order valence-corrected chi connectivity index (χ0v) is 10.00. The van der Waals surface area contributed by atoms with Gasteiger partial charge in [-0.1, -0.05) is 0 Å². The lowest BCUT2D eigenvalue weighted by Crippen LogP contribution is -2.49. The molecule has 0 spiro atoms. The van der Waals surface area contributed by atoms with Crippen molar-refractivity contribution in [2.24, 2.45) is 0 Å². The lowest BCUT2D eigenvalue weighted by molar-refractivity contribution is 0.231. The average molecular weight is 222 g/mol. The molecule has 1 aliphatic heterocycles. The van der Waals surface area contributed by atoms with Crippen LogP contribution < -0.4 is 10.6 Å². The largest absolute Gasteiger partial charge is 0.367 e. The zero-order chi connectivity index (χ0) is 11.2. The van der Waals surface area contributed by atoms with Gasteiger partial charge in [-0.2, -0.15) is 0 Å². The number of rotatable bonds is 5. The molecule has 2 heterocycles. The van der Waals surface area contributed by atoms with Crippen LogP contribution in [0.25, 0.3) is 0 Å². The molecule has 16 heavy (non-hydrogen) atoms. The normalized spacial score (nSPS) is 22.4. The third-order valence-electron chi connectivity index (χ3n) is 3.12. The van der Waals surface area contributed by atoms with E-state index in [1.54, 1.807) is 0 Å². The van der Waals surface area contributed by atoms with E-state index in [1.165, 1.54) is 25.1 Å². The van der Waals surface area contributed by atoms with E-state index in [0.717, 1.165) is 19.6 Å². The van der Waals surface area contributed by atoms with Crippen LogP contribution in [0.2, 0.25) is 0 Å². The first-order valence-electron chi connectivity index (χ1n) is 6.09. The third-order valence-corrected chi connectivity index (χ3v) is 3.12. The Labute approximate surface area is 97.4 Å². The van der Waals surface area contributed by atoms with Crippen molar-refractivity contribution >= 4 is 0 Å². The standard InChI is InChI=1S/C12H22N4/c1-16-7-6-15-12(10-16)3-5-14-9-11-2-4-13-8-11/h2,4,8,12-15H,3,5-7,9-10H2,1H3. The molecule has 4 nitrogen and oxygen atoms in total. The number of hydrogen-bond donors (Lipinski definition) is 3. The summed E-state index contributed by atoms with van der Waals surface area (Å²) in [4.78, 5) is 5.46. The monoisotopic (exact) mass is 222 g/mol. The molecule has 0 aromatic carbocycles. The fourth-order valence-electron chi connectivity index (χ4n) is 2.16. The second kappa shape index (κ2) is 6.03. The van der Waals surface area contributed by atoms with Crippen molar-refractivity contribution in [2.75, 3.05) is 33.2 Å². The topological polar surface area (TPSA) is 43.1 Å². The Bertz CT molecular complexity index is 283. The number of nitrogens with one attached hydrogen (secondary N) is 3. The van der Waals surface area contributed by atoms with E-state index in [4.69, 9.17) is 0 Å². The highest BCUT2D eigenvalue weighted by Gasteiger charge is 2.15. The molecule has 1 fully saturated rings. The summed E-state index contributed by atoms with van der Waals surface area (Å²) in [5.74, 6) is 0. The van der Waals surface area contributed by atoms with Crippen LogP contribution in [0.4, 0.5) is 0 Å². The van der Waals surface area contributed by atoms with Crippen LogP contribution >= 0.6 is 0 Å². The minimum atomic E-state index is 0.650. The Morgan fingerprint density at radius 1 is 1.56 bits per heavy atom. The zero-order valence-electron chi connectivity index (χ0n) is 10.00. The summed E-state index contributed by atoms with van der Waals surface area (Å²) in [7, 11) is 2.20. The summed E-state index contributed by atoms with van der Waals surface area (Å²) < 4.78 is 0. The van der Waals surface area contributed by atoms with E-state index in [9.17, 15) is 0 Å². The second-order valence-electron chi connectivity index (χ2n) is 4.60. The quantitative estimate of drug-likeness (QED) is 0.632. The van der Waals surface area contributed by atoms with Crippen LogP contribution in [-0.4, -0.2) is 49.2 Å². The predicted molar refractivity (Wildman–Crippen MR) is 66.4 cm³/mol. The van der Waals surface area contributed by atoms with Crippen molar-refractivity contribution in [1.29, 1.82) is 0 Å². The SMILES string of the molecule is CN1CCNC(CCNCc2cc[nH]c2)C1. The van der Waals surface area contributed by atoms with Gasteiger partial charge in [-0.05, 0) is 31.6 Å². The van der Waals surface area contributed by atoms with E-state index < -0.39 is 0 Å². The van der Waals surface area contributed by atoms with Gasteiger partial charge in [0.15, 0.2) is 0 Å². The van der Waals surface area contributed by atoms with Crippen molar-refractivity contribution in [3.05, 3.63) is 24.0 Å². The molecule has 0 saturated carbocycles. The first-order chi connectivity index (χ1) is 7.84. The lowest BCUT2D eigenvalue weighted by atomic mass is 10.1. The van der Waals surface area contributed by atoms with Gasteiger partial charge in [-0.25, -0.2) is 0 Å². The van der Waals surface area contributed by atoms with Gasteiger partial charge < -0.3 is 20.5 Å². The summed E-state index contributed by atoms with van der Waals surface area (Å²) in [5, 5.41) is 7.03. The molecule has 90 valence electrons. The van der Waals surface area contributed by atoms with Gasteiger partial charge in [-0.15, -0.1) is 0 Å². The first-order valence-corrected chi connectivity index (χ1v) is 6.09. The highest BCUT2D eigenvalue weighted by atomic mass is 15.2. The summed E-state index contributed by atoms with van der Waals surface area (Å²) in [6.45, 7) is 5.51. The summed E-state index contributed by atoms with van der Waals surface area (Å²) in [6.07, 6.45) is 5.21. The van der Waals surface area contributed by atoms with Gasteiger partial charge in [-0.3, -0.25) is 0 Å². The van der Waals surface area contributed by atoms with E-state index in [1.807, 2.05) is 12.4 Å². The molecular weight excluding hydrogens is 200 g/mol. The van der Waals surface area contributed by atoms with Crippen LogP contribution in [-0.2, 0) is 6.54 Å². The third kappa shape index (κ3) is 3.63. The van der Waals surface area contributed by atoms with Crippen molar-refractivity contribution in [2.45, 2.75) is 19.0 Å². The van der Waals surface area contributed by atoms with E-state index in [0.29, 0.717) is 6.04 Å². The van der Waals surface area contributed by atoms with Crippen LogP contribution in [0.3, 0.4) is 0 Å². The molecule has 3 N–H and O–H groups in total. The van der Waals surface area contributed by atoms with Crippen molar-refractivity contribution in [3.8, 4) is 0 Å². The van der Waals surface area contributed by atoms with Gasteiger partial charge >= 0.3 is 0 Å². The molecule has 0 aliphatic carbocycles. The summed E-state index contributed by atoms with van der Waals surface area (Å²) in [5.41, 5.74) is 1.33. The molecule has 4 heteroatoms. The average Bonchev–Trinajstić information content (AvgIpc) is 2.77. The van der Waals surface area contributed by atoms with Crippen molar-refractivity contribution < 1.29 is 0 Å². The second-order valence-corrected chi connectivity index (χ2v) is 4.60. The highest BCUT2D eigenvalue weighted by Crippen LogP contribution is 2.00. The molecule has 1 saturated heterocycles. The molecule has 2 rings (SSSR count). The number of aromatic amines is 1. The predicted octanol–water partition coefficient (Wildman–Crippen LogP) is 0.398. The fraction of sp³-hybridized carbons (Fsp3) is 0.667. The maximum atomic E-state index is 3.56. The number of nitrogens with zero attached hydrogens (tertiary/aromatic N) is 1. The van der Waals surface area contributed by atoms with Gasteiger partial charge in [0.25, 0.3) is 0 Å². The number of aromatic nitrogens is 1. The smallest absolute Gasteiger partial charge is 0.0220 e. The molecule has 1 aliphatic rings. The molecule has 0 radical (unpaired) electrons. The maximum absolute atomic E-state index is 3.56. The highest BCUT2D eigenvalue weighted by molar-refractivity contribution is 5.07. The molecule has 1 aromatic heterocycles. The Kier molecular flexibility index (Phi) is 4.39. The number of H-pyrrole nitrogens is 1. The Hall–Kier alpha value is -0.840. The Morgan fingerprint density at radius 3 is 3.25 bits per heavy atom. The van der Waals surface area contributed by atoms with Crippen molar-refractivity contribution in [1.82, 2.24) is 20.5 Å². The number of likely N-dealkylation sites (N-methyl/N-ethyl adjacent to an activating group) is 1. The summed E-state index contributed by atoms with van der Waals surface area (Å²) in [6, 6.07) is 2.76. The van der Waals surface area contributed by atoms with Crippen molar-refractivity contribution in [3.63, 3.8) is 0 Å². The molecule has 1 atom stereocenters. The van der Waals surface area contributed by atoms with Gasteiger partial charge in [0.05, 0.1) is 0 Å². The van der Waals surface area contributed by atoms with E-state index in [-0.39, 0.29) is 0 Å². The minimum Gasteiger partial charge on any atom is -0.367 e. The Balaban J connectivity index is 1.57. The fourth-order valence-corrected chi connectivity index (χ4v) is 2.16. The molecule has 1 unspecified atom stereocenters. The van der Waals surface area contributed by atoms with Gasteiger partial charge in [0.1, 0.15) is 0 Å². The minimum absolute atomic E-state index is 0.650. The Morgan fingerprint density at radius 2 is 2.50 bits per heavy atom. The van der Waals surface area contributed by atoms with Gasteiger partial charge in [0, 0.05) is 44.6 Å². The van der Waals surface area contributed by atoms with E-state index >= 15 is 0 Å². The van der Waals surface area contributed by atoms with Crippen LogP contribution in [0.1, 0.15) is 12.0 Å². The van der Waals surface area contributed by atoms with Crippen LogP contribution in [0, 0.1) is 0 Å². The molecule has 0 bridgehead atoms. The molecule has 0 amide bonds. The number of piperazine rings is 1.